The second-order valence-electron chi connectivity index (χ2n) is 2.98. The molecule has 6 heteroatoms. The van der Waals surface area contributed by atoms with Crippen LogP contribution in [0.1, 0.15) is 5.56 Å². The van der Waals surface area contributed by atoms with Gasteiger partial charge >= 0.3 is 0 Å². The quantitative estimate of drug-likeness (QED) is 0.792. The molecule has 0 fully saturated rings. The van der Waals surface area contributed by atoms with Gasteiger partial charge in [0.1, 0.15) is 5.82 Å². The zero-order valence-corrected chi connectivity index (χ0v) is 9.51. The fourth-order valence-corrected chi connectivity index (χ4v) is 1.97. The van der Waals surface area contributed by atoms with E-state index in [0.717, 1.165) is 5.56 Å². The molecule has 0 unspecified atom stereocenters. The number of H-pyrrole nitrogens is 1. The first-order valence-corrected chi connectivity index (χ1v) is 5.47. The molecule has 0 atom stereocenters. The highest BCUT2D eigenvalue weighted by molar-refractivity contribution is 7.73. The Balaban J connectivity index is 2.35. The van der Waals surface area contributed by atoms with E-state index in [4.69, 9.17) is 12.2 Å². The number of hydrogen-bond donors (Lipinski definition) is 2. The summed E-state index contributed by atoms with van der Waals surface area (Å²) in [6.07, 6.45) is 0. The van der Waals surface area contributed by atoms with Crippen molar-refractivity contribution in [2.24, 2.45) is 0 Å². The Bertz CT molecular complexity index is 512. The molecule has 0 saturated carbocycles. The number of benzene rings is 1. The van der Waals surface area contributed by atoms with E-state index in [-0.39, 0.29) is 5.82 Å². The fraction of sp³-hybridized carbons (Fsp3) is 0.111. The lowest BCUT2D eigenvalue weighted by atomic mass is 10.2. The van der Waals surface area contributed by atoms with Gasteiger partial charge in [-0.2, -0.15) is 0 Å². The van der Waals surface area contributed by atoms with Crippen LogP contribution >= 0.6 is 23.6 Å². The molecule has 78 valence electrons. The second kappa shape index (κ2) is 4.08. The number of aromatic amines is 1. The number of hydrogen-bond acceptors (Lipinski definition) is 4. The van der Waals surface area contributed by atoms with Crippen LogP contribution in [0.15, 0.2) is 18.2 Å². The molecule has 2 N–H and O–H groups in total. The van der Waals surface area contributed by atoms with E-state index in [2.05, 4.69) is 15.5 Å². The summed E-state index contributed by atoms with van der Waals surface area (Å²) < 4.78 is 14.0. The van der Waals surface area contributed by atoms with Crippen LogP contribution in [-0.4, -0.2) is 10.2 Å². The molecule has 0 aliphatic carbocycles. The maximum Gasteiger partial charge on any atom is 0.208 e. The number of halogens is 1. The van der Waals surface area contributed by atoms with Crippen molar-refractivity contribution in [3.63, 3.8) is 0 Å². The van der Waals surface area contributed by atoms with Crippen LogP contribution in [-0.2, 0) is 0 Å². The molecule has 0 spiro atoms. The first kappa shape index (κ1) is 10.3. The molecule has 3 nitrogen and oxygen atoms in total. The summed E-state index contributed by atoms with van der Waals surface area (Å²) in [4.78, 5) is 0. The predicted molar refractivity (Wildman–Crippen MR) is 61.7 cm³/mol. The van der Waals surface area contributed by atoms with Crippen molar-refractivity contribution in [1.29, 1.82) is 0 Å². The Kier molecular flexibility index (Phi) is 2.79. The molecule has 1 heterocycles. The Morgan fingerprint density at radius 1 is 1.53 bits per heavy atom. The van der Waals surface area contributed by atoms with Crippen molar-refractivity contribution in [2.75, 3.05) is 5.32 Å². The lowest BCUT2D eigenvalue weighted by molar-refractivity contribution is 0.631. The Hall–Kier alpha value is -1.27. The topological polar surface area (TPSA) is 40.7 Å². The van der Waals surface area contributed by atoms with Crippen molar-refractivity contribution in [2.45, 2.75) is 6.92 Å². The van der Waals surface area contributed by atoms with Gasteiger partial charge < -0.3 is 5.32 Å². The lowest BCUT2D eigenvalue weighted by Gasteiger charge is -2.06. The molecule has 0 radical (unpaired) electrons. The molecule has 0 bridgehead atoms. The summed E-state index contributed by atoms with van der Waals surface area (Å²) in [5.74, 6) is -0.295. The predicted octanol–water partition coefficient (Wildman–Crippen LogP) is 3.39. The van der Waals surface area contributed by atoms with Crippen LogP contribution < -0.4 is 5.32 Å². The van der Waals surface area contributed by atoms with E-state index in [1.807, 2.05) is 13.0 Å². The first-order valence-electron chi connectivity index (χ1n) is 4.24. The summed E-state index contributed by atoms with van der Waals surface area (Å²) in [7, 11) is 0. The number of rotatable bonds is 2. The summed E-state index contributed by atoms with van der Waals surface area (Å²) in [6.45, 7) is 1.83. The number of para-hydroxylation sites is 1. The zero-order chi connectivity index (χ0) is 10.8. The minimum atomic E-state index is -0.295. The van der Waals surface area contributed by atoms with Crippen molar-refractivity contribution < 1.29 is 4.39 Å². The number of nitrogens with one attached hydrogen (secondary N) is 2. The Morgan fingerprint density at radius 2 is 2.33 bits per heavy atom. The van der Waals surface area contributed by atoms with Gasteiger partial charge in [-0.15, -0.1) is 5.10 Å². The van der Waals surface area contributed by atoms with E-state index in [9.17, 15) is 4.39 Å². The van der Waals surface area contributed by atoms with Gasteiger partial charge in [0.05, 0.1) is 5.69 Å². The van der Waals surface area contributed by atoms with Gasteiger partial charge in [0.15, 0.2) is 3.95 Å². The van der Waals surface area contributed by atoms with E-state index in [1.165, 1.54) is 17.4 Å². The Labute approximate surface area is 95.0 Å². The van der Waals surface area contributed by atoms with Gasteiger partial charge in [-0.1, -0.05) is 23.5 Å². The third-order valence-electron chi connectivity index (χ3n) is 1.89. The largest absolute Gasteiger partial charge is 0.327 e. The molecule has 1 aromatic heterocycles. The van der Waals surface area contributed by atoms with E-state index in [1.54, 1.807) is 6.07 Å². The highest BCUT2D eigenvalue weighted by Crippen LogP contribution is 2.24. The van der Waals surface area contributed by atoms with Crippen molar-refractivity contribution in [3.8, 4) is 0 Å². The van der Waals surface area contributed by atoms with Crippen LogP contribution in [0, 0.1) is 16.7 Å². The van der Waals surface area contributed by atoms with E-state index >= 15 is 0 Å². The van der Waals surface area contributed by atoms with Crippen molar-refractivity contribution >= 4 is 34.4 Å². The smallest absolute Gasteiger partial charge is 0.208 e. The third-order valence-corrected chi connectivity index (χ3v) is 2.90. The third kappa shape index (κ3) is 2.21. The molecule has 15 heavy (non-hydrogen) atoms. The van der Waals surface area contributed by atoms with Crippen molar-refractivity contribution in [1.82, 2.24) is 10.2 Å². The first-order chi connectivity index (χ1) is 7.16. The van der Waals surface area contributed by atoms with Gasteiger partial charge in [-0.05, 0) is 30.8 Å². The summed E-state index contributed by atoms with van der Waals surface area (Å²) in [5.41, 5.74) is 1.27. The average molecular weight is 241 g/mol. The molecule has 1 aromatic carbocycles. The molecular formula is C9H8FN3S2. The van der Waals surface area contributed by atoms with Gasteiger partial charge in [0, 0.05) is 0 Å². The number of aromatic nitrogens is 2. The van der Waals surface area contributed by atoms with Crippen LogP contribution in [0.2, 0.25) is 0 Å². The zero-order valence-electron chi connectivity index (χ0n) is 7.87. The summed E-state index contributed by atoms with van der Waals surface area (Å²) in [5, 5.41) is 9.99. The molecule has 2 rings (SSSR count). The minimum absolute atomic E-state index is 0.295. The standard InChI is InChI=1S/C9H8FN3S2/c1-5-3-2-4-6(10)7(5)11-8-12-13-9(14)15-8/h2-4H,1H3,(H,11,12)(H,13,14). The van der Waals surface area contributed by atoms with Crippen LogP contribution in [0.5, 0.6) is 0 Å². The molecule has 0 aliphatic heterocycles. The number of aryl methyl sites for hydroxylation is 1. The maximum absolute atomic E-state index is 13.4. The highest BCUT2D eigenvalue weighted by atomic mass is 32.1. The second-order valence-corrected chi connectivity index (χ2v) is 4.64. The van der Waals surface area contributed by atoms with Gasteiger partial charge in [-0.25, -0.2) is 4.39 Å². The van der Waals surface area contributed by atoms with Crippen molar-refractivity contribution in [3.05, 3.63) is 33.5 Å². The van der Waals surface area contributed by atoms with Gasteiger partial charge in [0.25, 0.3) is 0 Å². The maximum atomic E-state index is 13.4. The van der Waals surface area contributed by atoms with Crippen LogP contribution in [0.4, 0.5) is 15.2 Å². The van der Waals surface area contributed by atoms with Crippen LogP contribution in [0.3, 0.4) is 0 Å². The van der Waals surface area contributed by atoms with Gasteiger partial charge in [-0.3, -0.25) is 5.10 Å². The highest BCUT2D eigenvalue weighted by Gasteiger charge is 2.06. The average Bonchev–Trinajstić information content (AvgIpc) is 2.58. The summed E-state index contributed by atoms with van der Waals surface area (Å²) in [6, 6.07) is 4.90. The molecule has 0 amide bonds. The van der Waals surface area contributed by atoms with Gasteiger partial charge in [0.2, 0.25) is 5.13 Å². The lowest BCUT2D eigenvalue weighted by Crippen LogP contribution is -1.95. The normalized spacial score (nSPS) is 10.3. The number of nitrogens with zero attached hydrogens (tertiary/aromatic N) is 1. The molecular weight excluding hydrogens is 233 g/mol. The van der Waals surface area contributed by atoms with E-state index in [0.29, 0.717) is 14.8 Å². The fourth-order valence-electron chi connectivity index (χ4n) is 1.18. The minimum Gasteiger partial charge on any atom is -0.327 e. The Morgan fingerprint density at radius 3 is 2.93 bits per heavy atom. The SMILES string of the molecule is Cc1cccc(F)c1Nc1n[nH]c(=S)s1. The van der Waals surface area contributed by atoms with E-state index < -0.39 is 0 Å². The number of anilines is 2. The summed E-state index contributed by atoms with van der Waals surface area (Å²) >= 11 is 6.15. The van der Waals surface area contributed by atoms with Crippen LogP contribution in [0.25, 0.3) is 0 Å². The molecule has 0 aliphatic rings. The monoisotopic (exact) mass is 241 g/mol. The molecule has 0 saturated heterocycles. The molecule has 2 aromatic rings.